The monoisotopic (exact) mass is 302 g/mol. The number of anilines is 1. The summed E-state index contributed by atoms with van der Waals surface area (Å²) in [6, 6.07) is 3.64. The summed E-state index contributed by atoms with van der Waals surface area (Å²) in [6.45, 7) is 2.14. The quantitative estimate of drug-likeness (QED) is 0.546. The SMILES string of the molecule is CC(O)CCCNc1ccc(S(N)(=O)=O)cc1C(=O)O. The molecular weight excluding hydrogens is 284 g/mol. The predicted molar refractivity (Wildman–Crippen MR) is 74.2 cm³/mol. The molecule has 8 heteroatoms. The largest absolute Gasteiger partial charge is 0.478 e. The third-order valence-corrected chi connectivity index (χ3v) is 3.58. The van der Waals surface area contributed by atoms with Gasteiger partial charge in [0.05, 0.1) is 16.6 Å². The van der Waals surface area contributed by atoms with Crippen LogP contribution in [0.1, 0.15) is 30.1 Å². The normalized spacial score (nSPS) is 12.9. The molecule has 0 bridgehead atoms. The summed E-state index contributed by atoms with van der Waals surface area (Å²) in [5.41, 5.74) is 0.157. The summed E-state index contributed by atoms with van der Waals surface area (Å²) in [4.78, 5) is 10.9. The molecule has 1 unspecified atom stereocenters. The van der Waals surface area contributed by atoms with Gasteiger partial charge < -0.3 is 15.5 Å². The maximum atomic E-state index is 11.2. The Hall–Kier alpha value is -1.64. The summed E-state index contributed by atoms with van der Waals surface area (Å²) < 4.78 is 22.4. The van der Waals surface area contributed by atoms with Crippen LogP contribution in [-0.2, 0) is 10.0 Å². The Labute approximate surface area is 117 Å². The van der Waals surface area contributed by atoms with Gasteiger partial charge in [-0.15, -0.1) is 0 Å². The number of aromatic carboxylic acids is 1. The van der Waals surface area contributed by atoms with Crippen LogP contribution in [0.4, 0.5) is 5.69 Å². The van der Waals surface area contributed by atoms with Crippen molar-refractivity contribution < 1.29 is 23.4 Å². The molecular formula is C12H18N2O5S. The fraction of sp³-hybridized carbons (Fsp3) is 0.417. The summed E-state index contributed by atoms with van der Waals surface area (Å²) in [7, 11) is -3.94. The van der Waals surface area contributed by atoms with Gasteiger partial charge in [-0.25, -0.2) is 18.4 Å². The summed E-state index contributed by atoms with van der Waals surface area (Å²) >= 11 is 0. The van der Waals surface area contributed by atoms with E-state index in [0.29, 0.717) is 25.1 Å². The number of hydrogen-bond donors (Lipinski definition) is 4. The highest BCUT2D eigenvalue weighted by Gasteiger charge is 2.15. The van der Waals surface area contributed by atoms with E-state index in [2.05, 4.69) is 5.32 Å². The zero-order valence-electron chi connectivity index (χ0n) is 11.0. The molecule has 20 heavy (non-hydrogen) atoms. The number of rotatable bonds is 7. The van der Waals surface area contributed by atoms with Crippen LogP contribution in [0, 0.1) is 0 Å². The van der Waals surface area contributed by atoms with E-state index < -0.39 is 22.1 Å². The van der Waals surface area contributed by atoms with Gasteiger partial charge in [-0.2, -0.15) is 0 Å². The second-order valence-electron chi connectivity index (χ2n) is 4.48. The fourth-order valence-corrected chi connectivity index (χ4v) is 2.19. The minimum Gasteiger partial charge on any atom is -0.478 e. The molecule has 1 aromatic carbocycles. The predicted octanol–water partition coefficient (Wildman–Crippen LogP) is 0.605. The Bertz CT molecular complexity index is 584. The number of carbonyl (C=O) groups is 1. The number of carboxylic acids is 1. The van der Waals surface area contributed by atoms with Crippen LogP contribution in [-0.4, -0.2) is 37.2 Å². The summed E-state index contributed by atoms with van der Waals surface area (Å²) in [5, 5.41) is 26.1. The van der Waals surface area contributed by atoms with Crippen molar-refractivity contribution in [2.75, 3.05) is 11.9 Å². The first-order valence-corrected chi connectivity index (χ1v) is 7.58. The molecule has 0 saturated carbocycles. The number of hydrogen-bond acceptors (Lipinski definition) is 5. The molecule has 0 aliphatic heterocycles. The van der Waals surface area contributed by atoms with Crippen LogP contribution in [0.15, 0.2) is 23.1 Å². The average Bonchev–Trinajstić information content (AvgIpc) is 2.33. The van der Waals surface area contributed by atoms with Crippen molar-refractivity contribution in [1.82, 2.24) is 0 Å². The van der Waals surface area contributed by atoms with Gasteiger partial charge in [0.1, 0.15) is 0 Å². The van der Waals surface area contributed by atoms with Crippen molar-refractivity contribution in [1.29, 1.82) is 0 Å². The highest BCUT2D eigenvalue weighted by atomic mass is 32.2. The van der Waals surface area contributed by atoms with Gasteiger partial charge in [0, 0.05) is 12.2 Å². The summed E-state index contributed by atoms with van der Waals surface area (Å²) in [5.74, 6) is -1.24. The standard InChI is InChI=1S/C12H18N2O5S/c1-8(15)3-2-6-14-11-5-4-9(20(13,18)19)7-10(11)12(16)17/h4-5,7-8,14-15H,2-3,6H2,1H3,(H,16,17)(H2,13,18,19). The number of aliphatic hydroxyl groups excluding tert-OH is 1. The van der Waals surface area contributed by atoms with Gasteiger partial charge in [0.25, 0.3) is 0 Å². The van der Waals surface area contributed by atoms with E-state index in [-0.39, 0.29) is 10.5 Å². The molecule has 0 saturated heterocycles. The first-order chi connectivity index (χ1) is 9.21. The zero-order valence-corrected chi connectivity index (χ0v) is 11.9. The lowest BCUT2D eigenvalue weighted by molar-refractivity contribution is 0.0697. The molecule has 7 nitrogen and oxygen atoms in total. The van der Waals surface area contributed by atoms with Crippen LogP contribution in [0.2, 0.25) is 0 Å². The van der Waals surface area contributed by atoms with E-state index in [4.69, 9.17) is 15.4 Å². The third-order valence-electron chi connectivity index (χ3n) is 2.66. The highest BCUT2D eigenvalue weighted by Crippen LogP contribution is 2.20. The van der Waals surface area contributed by atoms with Crippen LogP contribution in [0.5, 0.6) is 0 Å². The van der Waals surface area contributed by atoms with Crippen LogP contribution in [0.25, 0.3) is 0 Å². The second kappa shape index (κ2) is 6.69. The van der Waals surface area contributed by atoms with E-state index in [0.717, 1.165) is 6.07 Å². The third kappa shape index (κ3) is 4.80. The van der Waals surface area contributed by atoms with E-state index >= 15 is 0 Å². The lowest BCUT2D eigenvalue weighted by atomic mass is 10.1. The van der Waals surface area contributed by atoms with Gasteiger partial charge in [0.2, 0.25) is 10.0 Å². The number of benzene rings is 1. The van der Waals surface area contributed by atoms with Gasteiger partial charge >= 0.3 is 5.97 Å². The number of nitrogens with one attached hydrogen (secondary N) is 1. The first-order valence-electron chi connectivity index (χ1n) is 6.04. The lowest BCUT2D eigenvalue weighted by Gasteiger charge is -2.11. The molecule has 1 rings (SSSR count). The number of aliphatic hydroxyl groups is 1. The van der Waals surface area contributed by atoms with Crippen molar-refractivity contribution in [3.05, 3.63) is 23.8 Å². The van der Waals surface area contributed by atoms with E-state index in [9.17, 15) is 13.2 Å². The number of primary sulfonamides is 1. The maximum absolute atomic E-state index is 11.2. The molecule has 0 aromatic heterocycles. The number of sulfonamides is 1. The molecule has 0 spiro atoms. The van der Waals surface area contributed by atoms with Crippen LogP contribution < -0.4 is 10.5 Å². The van der Waals surface area contributed by atoms with Gasteiger partial charge in [-0.3, -0.25) is 0 Å². The molecule has 0 aliphatic rings. The molecule has 5 N–H and O–H groups in total. The van der Waals surface area contributed by atoms with Crippen molar-refractivity contribution in [3.8, 4) is 0 Å². The van der Waals surface area contributed by atoms with Gasteiger partial charge in [-0.1, -0.05) is 0 Å². The van der Waals surface area contributed by atoms with Crippen LogP contribution >= 0.6 is 0 Å². The van der Waals surface area contributed by atoms with E-state index in [1.54, 1.807) is 6.92 Å². The Morgan fingerprint density at radius 2 is 2.10 bits per heavy atom. The zero-order chi connectivity index (χ0) is 15.3. The highest BCUT2D eigenvalue weighted by molar-refractivity contribution is 7.89. The Morgan fingerprint density at radius 1 is 1.45 bits per heavy atom. The van der Waals surface area contributed by atoms with E-state index in [1.807, 2.05) is 0 Å². The van der Waals surface area contributed by atoms with Crippen LogP contribution in [0.3, 0.4) is 0 Å². The smallest absolute Gasteiger partial charge is 0.337 e. The minimum atomic E-state index is -3.94. The molecule has 0 amide bonds. The molecule has 1 aromatic rings. The van der Waals surface area contributed by atoms with Gasteiger partial charge in [0.15, 0.2) is 0 Å². The Morgan fingerprint density at radius 3 is 2.60 bits per heavy atom. The minimum absolute atomic E-state index is 0.159. The number of carboxylic acid groups (broad SMARTS) is 1. The molecule has 0 aliphatic carbocycles. The van der Waals surface area contributed by atoms with Crippen molar-refractivity contribution in [2.24, 2.45) is 5.14 Å². The Kier molecular flexibility index (Phi) is 5.49. The second-order valence-corrected chi connectivity index (χ2v) is 6.04. The van der Waals surface area contributed by atoms with Crippen molar-refractivity contribution in [3.63, 3.8) is 0 Å². The first kappa shape index (κ1) is 16.4. The van der Waals surface area contributed by atoms with Crippen molar-refractivity contribution >= 4 is 21.7 Å². The lowest BCUT2D eigenvalue weighted by Crippen LogP contribution is -2.15. The summed E-state index contributed by atoms with van der Waals surface area (Å²) in [6.07, 6.45) is 0.832. The maximum Gasteiger partial charge on any atom is 0.337 e. The average molecular weight is 302 g/mol. The molecule has 112 valence electrons. The van der Waals surface area contributed by atoms with E-state index in [1.165, 1.54) is 12.1 Å². The number of nitrogens with two attached hydrogens (primary N) is 1. The molecule has 0 radical (unpaired) electrons. The Balaban J connectivity index is 2.89. The topological polar surface area (TPSA) is 130 Å². The fourth-order valence-electron chi connectivity index (χ4n) is 1.65. The van der Waals surface area contributed by atoms with Gasteiger partial charge in [-0.05, 0) is 38.0 Å². The molecule has 0 heterocycles. The molecule has 1 atom stereocenters. The van der Waals surface area contributed by atoms with Crippen molar-refractivity contribution in [2.45, 2.75) is 30.8 Å². The molecule has 0 fully saturated rings.